The van der Waals surface area contributed by atoms with Gasteiger partial charge >= 0.3 is 11.8 Å². The van der Waals surface area contributed by atoms with Gasteiger partial charge in [0, 0.05) is 17.5 Å². The van der Waals surface area contributed by atoms with Crippen LogP contribution >= 0.6 is 0 Å². The molecule has 3 aromatic rings. The molecule has 1 heterocycles. The van der Waals surface area contributed by atoms with Crippen molar-refractivity contribution in [1.82, 2.24) is 5.16 Å². The average molecular weight is 438 g/mol. The molecule has 31 heavy (non-hydrogen) atoms. The van der Waals surface area contributed by atoms with Crippen LogP contribution in [0.3, 0.4) is 0 Å². The second-order valence-corrected chi connectivity index (χ2v) is 7.77. The molecule has 0 saturated carbocycles. The van der Waals surface area contributed by atoms with Gasteiger partial charge in [-0.15, -0.1) is 0 Å². The van der Waals surface area contributed by atoms with Crippen LogP contribution in [-0.2, 0) is 10.2 Å². The normalized spacial score (nSPS) is 14.3. The van der Waals surface area contributed by atoms with Crippen LogP contribution in [0.2, 0.25) is 0 Å². The summed E-state index contributed by atoms with van der Waals surface area (Å²) in [7, 11) is 0. The summed E-state index contributed by atoms with van der Waals surface area (Å²) < 4.78 is 60.2. The lowest BCUT2D eigenvalue weighted by Crippen LogP contribution is -2.57. The molecule has 0 fully saturated rings. The molecule has 0 radical (unpaired) electrons. The summed E-state index contributed by atoms with van der Waals surface area (Å²) in [6, 6.07) is 8.87. The summed E-state index contributed by atoms with van der Waals surface area (Å²) in [5, 5.41) is 16.2. The van der Waals surface area contributed by atoms with E-state index in [0.29, 0.717) is 0 Å². The van der Waals surface area contributed by atoms with Crippen LogP contribution in [-0.4, -0.2) is 27.9 Å². The Morgan fingerprint density at radius 1 is 1.16 bits per heavy atom. The first kappa shape index (κ1) is 22.4. The highest BCUT2D eigenvalue weighted by atomic mass is 19.4. The van der Waals surface area contributed by atoms with Gasteiger partial charge in [-0.3, -0.25) is 4.79 Å². The van der Waals surface area contributed by atoms with Gasteiger partial charge in [0.1, 0.15) is 5.82 Å². The van der Waals surface area contributed by atoms with Gasteiger partial charge in [0.25, 0.3) is 5.91 Å². The number of rotatable bonds is 5. The Bertz CT molecular complexity index is 1190. The van der Waals surface area contributed by atoms with E-state index in [1.165, 1.54) is 50.2 Å². The third-order valence-corrected chi connectivity index (χ3v) is 5.00. The number of alkyl halides is 3. The number of anilines is 1. The largest absolute Gasteiger partial charge is 0.426 e. The van der Waals surface area contributed by atoms with Gasteiger partial charge in [-0.1, -0.05) is 37.2 Å². The standard InChI is InChI=1S/C21H18F4N2O4/c1-19(2,15-5-3-4-6-16(15)22)11-20(30,21(23,24)25)18(29)27-13-7-8-14-12(9-13)10-26-31-17(14)28/h3-10,30H,11H2,1-2H3,(H,27,29). The number of nitrogens with zero attached hydrogens (tertiary/aromatic N) is 1. The molecule has 0 saturated heterocycles. The number of hydrogen-bond acceptors (Lipinski definition) is 5. The van der Waals surface area contributed by atoms with Crippen LogP contribution in [0.25, 0.3) is 10.8 Å². The molecule has 164 valence electrons. The Morgan fingerprint density at radius 2 is 1.84 bits per heavy atom. The quantitative estimate of drug-likeness (QED) is 0.589. The molecule has 1 atom stereocenters. The van der Waals surface area contributed by atoms with E-state index >= 15 is 0 Å². The molecular formula is C21H18F4N2O4. The molecule has 1 amide bonds. The zero-order valence-electron chi connectivity index (χ0n) is 16.5. The van der Waals surface area contributed by atoms with Crippen molar-refractivity contribution < 1.29 is 32.0 Å². The summed E-state index contributed by atoms with van der Waals surface area (Å²) in [6.45, 7) is 2.60. The number of halogens is 4. The van der Waals surface area contributed by atoms with E-state index in [4.69, 9.17) is 0 Å². The molecule has 2 N–H and O–H groups in total. The van der Waals surface area contributed by atoms with E-state index in [2.05, 4.69) is 9.68 Å². The van der Waals surface area contributed by atoms with Gasteiger partial charge in [-0.25, -0.2) is 9.18 Å². The Balaban J connectivity index is 1.95. The smallest absolute Gasteiger partial charge is 0.373 e. The third kappa shape index (κ3) is 4.29. The number of nitrogens with one attached hydrogen (secondary N) is 1. The van der Waals surface area contributed by atoms with Gasteiger partial charge in [-0.05, 0) is 35.2 Å². The van der Waals surface area contributed by atoms with Crippen LogP contribution in [0.15, 0.2) is 58.0 Å². The van der Waals surface area contributed by atoms with Gasteiger partial charge in [0.05, 0.1) is 11.6 Å². The minimum Gasteiger partial charge on any atom is -0.373 e. The number of hydrogen-bond donors (Lipinski definition) is 2. The maximum absolute atomic E-state index is 14.2. The molecule has 0 aliphatic rings. The van der Waals surface area contributed by atoms with Crippen molar-refractivity contribution in [3.05, 3.63) is 70.5 Å². The molecule has 1 aromatic heterocycles. The van der Waals surface area contributed by atoms with Crippen LogP contribution in [0.5, 0.6) is 0 Å². The second kappa shape index (κ2) is 7.77. The fourth-order valence-corrected chi connectivity index (χ4v) is 3.40. The zero-order chi connectivity index (χ0) is 23.0. The highest BCUT2D eigenvalue weighted by Gasteiger charge is 2.61. The molecule has 3 rings (SSSR count). The Hall–Kier alpha value is -3.27. The van der Waals surface area contributed by atoms with Crippen molar-refractivity contribution in [3.8, 4) is 0 Å². The number of benzene rings is 2. The lowest BCUT2D eigenvalue weighted by Gasteiger charge is -2.36. The predicted octanol–water partition coefficient (Wildman–Crippen LogP) is 3.93. The number of carbonyl (C=O) groups is 1. The minimum atomic E-state index is -5.35. The lowest BCUT2D eigenvalue weighted by molar-refractivity contribution is -0.254. The molecule has 10 heteroatoms. The first-order valence-electron chi connectivity index (χ1n) is 9.09. The van der Waals surface area contributed by atoms with Crippen molar-refractivity contribution in [3.63, 3.8) is 0 Å². The van der Waals surface area contributed by atoms with Crippen LogP contribution in [0.1, 0.15) is 25.8 Å². The Kier molecular flexibility index (Phi) is 5.62. The summed E-state index contributed by atoms with van der Waals surface area (Å²) in [5.41, 5.74) is -6.29. The van der Waals surface area contributed by atoms with Crippen molar-refractivity contribution >= 4 is 22.4 Å². The number of carbonyl (C=O) groups excluding carboxylic acids is 1. The lowest BCUT2D eigenvalue weighted by atomic mass is 9.74. The van der Waals surface area contributed by atoms with Gasteiger partial charge in [0.2, 0.25) is 5.60 Å². The fraction of sp³-hybridized carbons (Fsp3) is 0.286. The summed E-state index contributed by atoms with van der Waals surface area (Å²) in [5.74, 6) is -2.49. The van der Waals surface area contributed by atoms with E-state index in [1.807, 2.05) is 5.32 Å². The maximum Gasteiger partial charge on any atom is 0.426 e. The molecule has 1 unspecified atom stereocenters. The third-order valence-electron chi connectivity index (χ3n) is 5.00. The average Bonchev–Trinajstić information content (AvgIpc) is 2.67. The second-order valence-electron chi connectivity index (χ2n) is 7.77. The van der Waals surface area contributed by atoms with Gasteiger partial charge in [-0.2, -0.15) is 13.2 Å². The highest BCUT2D eigenvalue weighted by molar-refractivity contribution is 5.99. The van der Waals surface area contributed by atoms with E-state index in [-0.39, 0.29) is 22.0 Å². The molecule has 0 bridgehead atoms. The monoisotopic (exact) mass is 438 g/mol. The van der Waals surface area contributed by atoms with E-state index in [1.54, 1.807) is 0 Å². The van der Waals surface area contributed by atoms with Crippen molar-refractivity contribution in [2.45, 2.75) is 37.5 Å². The Labute approximate surface area is 173 Å². The molecule has 0 spiro atoms. The maximum atomic E-state index is 14.2. The number of amides is 1. The zero-order valence-corrected chi connectivity index (χ0v) is 16.5. The van der Waals surface area contributed by atoms with Crippen LogP contribution < -0.4 is 10.9 Å². The molecule has 6 nitrogen and oxygen atoms in total. The topological polar surface area (TPSA) is 92.4 Å². The van der Waals surface area contributed by atoms with E-state index < -0.39 is 41.0 Å². The van der Waals surface area contributed by atoms with E-state index in [9.17, 15) is 32.3 Å². The Morgan fingerprint density at radius 3 is 2.48 bits per heavy atom. The summed E-state index contributed by atoms with van der Waals surface area (Å²) in [6.07, 6.45) is -5.32. The molecule has 2 aromatic carbocycles. The van der Waals surface area contributed by atoms with Crippen LogP contribution in [0, 0.1) is 5.82 Å². The summed E-state index contributed by atoms with van der Waals surface area (Å²) >= 11 is 0. The first-order valence-corrected chi connectivity index (χ1v) is 9.09. The number of fused-ring (bicyclic) bond motifs is 1. The molecule has 0 aliphatic carbocycles. The highest BCUT2D eigenvalue weighted by Crippen LogP contribution is 2.42. The van der Waals surface area contributed by atoms with Crippen molar-refractivity contribution in [1.29, 1.82) is 0 Å². The van der Waals surface area contributed by atoms with Gasteiger partial charge < -0.3 is 14.9 Å². The number of aromatic nitrogens is 1. The molecule has 0 aliphatic heterocycles. The molecular weight excluding hydrogens is 420 g/mol. The predicted molar refractivity (Wildman–Crippen MR) is 104 cm³/mol. The minimum absolute atomic E-state index is 0.0750. The fourth-order valence-electron chi connectivity index (χ4n) is 3.40. The first-order chi connectivity index (χ1) is 14.3. The summed E-state index contributed by atoms with van der Waals surface area (Å²) in [4.78, 5) is 24.2. The van der Waals surface area contributed by atoms with E-state index in [0.717, 1.165) is 12.3 Å². The number of aliphatic hydroxyl groups is 1. The van der Waals surface area contributed by atoms with Crippen molar-refractivity contribution in [2.24, 2.45) is 0 Å². The van der Waals surface area contributed by atoms with Crippen LogP contribution in [0.4, 0.5) is 23.2 Å². The SMILES string of the molecule is CC(C)(CC(O)(C(=O)Nc1ccc2c(=O)oncc2c1)C(F)(F)F)c1ccccc1F. The van der Waals surface area contributed by atoms with Crippen molar-refractivity contribution in [2.75, 3.05) is 5.32 Å². The van der Waals surface area contributed by atoms with Gasteiger partial charge in [0.15, 0.2) is 0 Å².